The summed E-state index contributed by atoms with van der Waals surface area (Å²) in [5.74, 6) is 0.624. The van der Waals surface area contributed by atoms with Gasteiger partial charge in [0.05, 0.1) is 6.21 Å². The van der Waals surface area contributed by atoms with E-state index in [2.05, 4.69) is 15.1 Å². The molecular formula is C11H11N3O2. The molecule has 1 N–H and O–H groups in total. The van der Waals surface area contributed by atoms with E-state index >= 15 is 0 Å². The van der Waals surface area contributed by atoms with Crippen LogP contribution in [0, 0.1) is 0 Å². The van der Waals surface area contributed by atoms with Gasteiger partial charge in [0.15, 0.2) is 5.89 Å². The Hall–Kier alpha value is -2.17. The Morgan fingerprint density at radius 1 is 1.44 bits per heavy atom. The third kappa shape index (κ3) is 2.66. The number of oxime groups is 1. The van der Waals surface area contributed by atoms with Gasteiger partial charge in [-0.05, 0) is 18.1 Å². The van der Waals surface area contributed by atoms with E-state index in [0.717, 1.165) is 12.0 Å². The fourth-order valence-corrected chi connectivity index (χ4v) is 1.36. The Bertz CT molecular complexity index is 465. The van der Waals surface area contributed by atoms with E-state index in [9.17, 15) is 0 Å². The van der Waals surface area contributed by atoms with E-state index in [1.54, 1.807) is 6.20 Å². The average molecular weight is 217 g/mol. The SMILES string of the molecule is O/N=C/c1coc(CCc2cccnc2)n1. The van der Waals surface area contributed by atoms with Crippen LogP contribution in [0.2, 0.25) is 0 Å². The van der Waals surface area contributed by atoms with Crippen LogP contribution >= 0.6 is 0 Å². The van der Waals surface area contributed by atoms with Crippen LogP contribution in [0.5, 0.6) is 0 Å². The van der Waals surface area contributed by atoms with Crippen molar-refractivity contribution in [1.82, 2.24) is 9.97 Å². The second-order valence-electron chi connectivity index (χ2n) is 3.27. The van der Waals surface area contributed by atoms with E-state index in [1.165, 1.54) is 12.5 Å². The molecule has 5 heteroatoms. The van der Waals surface area contributed by atoms with Crippen LogP contribution in [-0.4, -0.2) is 21.4 Å². The summed E-state index contributed by atoms with van der Waals surface area (Å²) in [4.78, 5) is 8.15. The summed E-state index contributed by atoms with van der Waals surface area (Å²) in [6.45, 7) is 0. The monoisotopic (exact) mass is 217 g/mol. The molecule has 5 nitrogen and oxygen atoms in total. The van der Waals surface area contributed by atoms with E-state index in [1.807, 2.05) is 18.3 Å². The zero-order chi connectivity index (χ0) is 11.2. The van der Waals surface area contributed by atoms with Gasteiger partial charge in [-0.2, -0.15) is 0 Å². The Kier molecular flexibility index (Phi) is 3.28. The van der Waals surface area contributed by atoms with Gasteiger partial charge in [-0.25, -0.2) is 4.98 Å². The Labute approximate surface area is 92.5 Å². The number of hydrogen-bond donors (Lipinski definition) is 1. The molecule has 0 spiro atoms. The third-order valence-corrected chi connectivity index (χ3v) is 2.11. The van der Waals surface area contributed by atoms with Crippen molar-refractivity contribution in [3.05, 3.63) is 47.9 Å². The first kappa shape index (κ1) is 10.4. The van der Waals surface area contributed by atoms with Crippen LogP contribution in [0.25, 0.3) is 0 Å². The Balaban J connectivity index is 1.94. The molecule has 0 unspecified atom stereocenters. The minimum absolute atomic E-state index is 0.517. The standard InChI is InChI=1S/C11H11N3O2/c15-13-7-10-8-16-11(14-10)4-3-9-2-1-5-12-6-9/h1-2,5-8,15H,3-4H2/b13-7+. The lowest BCUT2D eigenvalue weighted by atomic mass is 10.1. The quantitative estimate of drug-likeness (QED) is 0.480. The average Bonchev–Trinajstić information content (AvgIpc) is 2.76. The molecule has 0 aliphatic rings. The smallest absolute Gasteiger partial charge is 0.194 e. The normalized spacial score (nSPS) is 11.0. The molecule has 0 fully saturated rings. The maximum Gasteiger partial charge on any atom is 0.194 e. The van der Waals surface area contributed by atoms with E-state index in [-0.39, 0.29) is 0 Å². The zero-order valence-corrected chi connectivity index (χ0v) is 8.58. The Morgan fingerprint density at radius 3 is 3.12 bits per heavy atom. The molecule has 2 heterocycles. The van der Waals surface area contributed by atoms with Crippen molar-refractivity contribution in [2.45, 2.75) is 12.8 Å². The van der Waals surface area contributed by atoms with Gasteiger partial charge in [-0.15, -0.1) is 0 Å². The number of pyridine rings is 1. The highest BCUT2D eigenvalue weighted by Gasteiger charge is 2.02. The third-order valence-electron chi connectivity index (χ3n) is 2.11. The molecular weight excluding hydrogens is 206 g/mol. The molecule has 0 radical (unpaired) electrons. The topological polar surface area (TPSA) is 71.5 Å². The van der Waals surface area contributed by atoms with Crippen LogP contribution < -0.4 is 0 Å². The first-order chi connectivity index (χ1) is 7.88. The number of oxazole rings is 1. The lowest BCUT2D eigenvalue weighted by molar-refractivity contribution is 0.321. The van der Waals surface area contributed by atoms with Gasteiger partial charge in [-0.3, -0.25) is 4.98 Å². The summed E-state index contributed by atoms with van der Waals surface area (Å²) in [5, 5.41) is 11.2. The summed E-state index contributed by atoms with van der Waals surface area (Å²) in [7, 11) is 0. The van der Waals surface area contributed by atoms with Gasteiger partial charge in [-0.1, -0.05) is 11.2 Å². The van der Waals surface area contributed by atoms with Crippen molar-refractivity contribution >= 4 is 6.21 Å². The van der Waals surface area contributed by atoms with Crippen LogP contribution in [0.4, 0.5) is 0 Å². The molecule has 2 aromatic rings. The molecule has 0 amide bonds. The number of hydrogen-bond acceptors (Lipinski definition) is 5. The van der Waals surface area contributed by atoms with Gasteiger partial charge >= 0.3 is 0 Å². The van der Waals surface area contributed by atoms with Gasteiger partial charge in [0, 0.05) is 18.8 Å². The lowest BCUT2D eigenvalue weighted by Crippen LogP contribution is -1.92. The number of rotatable bonds is 4. The minimum Gasteiger partial charge on any atom is -0.448 e. The molecule has 0 aromatic carbocycles. The summed E-state index contributed by atoms with van der Waals surface area (Å²) in [6.07, 6.45) is 7.77. The van der Waals surface area contributed by atoms with Crippen LogP contribution in [0.1, 0.15) is 17.1 Å². The van der Waals surface area contributed by atoms with Gasteiger partial charge in [0.1, 0.15) is 12.0 Å². The largest absolute Gasteiger partial charge is 0.448 e. The van der Waals surface area contributed by atoms with E-state index in [0.29, 0.717) is 18.0 Å². The van der Waals surface area contributed by atoms with Crippen LogP contribution in [-0.2, 0) is 12.8 Å². The Morgan fingerprint density at radius 2 is 2.38 bits per heavy atom. The second kappa shape index (κ2) is 5.06. The predicted octanol–water partition coefficient (Wildman–Crippen LogP) is 1.66. The molecule has 0 bridgehead atoms. The van der Waals surface area contributed by atoms with Crippen LogP contribution in [0.15, 0.2) is 40.4 Å². The van der Waals surface area contributed by atoms with Crippen molar-refractivity contribution in [3.63, 3.8) is 0 Å². The highest BCUT2D eigenvalue weighted by Crippen LogP contribution is 2.05. The first-order valence-corrected chi connectivity index (χ1v) is 4.89. The molecule has 0 aliphatic heterocycles. The maximum absolute atomic E-state index is 8.32. The van der Waals surface area contributed by atoms with E-state index < -0.39 is 0 Å². The first-order valence-electron chi connectivity index (χ1n) is 4.89. The molecule has 16 heavy (non-hydrogen) atoms. The highest BCUT2D eigenvalue weighted by atomic mass is 16.4. The zero-order valence-electron chi connectivity index (χ0n) is 8.58. The fraction of sp³-hybridized carbons (Fsp3) is 0.182. The van der Waals surface area contributed by atoms with Crippen molar-refractivity contribution in [1.29, 1.82) is 0 Å². The van der Waals surface area contributed by atoms with Gasteiger partial charge < -0.3 is 9.62 Å². The summed E-state index contributed by atoms with van der Waals surface area (Å²) < 4.78 is 5.21. The molecule has 0 saturated heterocycles. The fourth-order valence-electron chi connectivity index (χ4n) is 1.36. The minimum atomic E-state index is 0.517. The number of aromatic nitrogens is 2. The van der Waals surface area contributed by atoms with Gasteiger partial charge in [0.25, 0.3) is 0 Å². The van der Waals surface area contributed by atoms with Gasteiger partial charge in [0.2, 0.25) is 0 Å². The summed E-state index contributed by atoms with van der Waals surface area (Å²) in [5.41, 5.74) is 1.65. The molecule has 2 rings (SSSR count). The predicted molar refractivity (Wildman–Crippen MR) is 57.5 cm³/mol. The molecule has 0 saturated carbocycles. The highest BCUT2D eigenvalue weighted by molar-refractivity contribution is 5.75. The second-order valence-corrected chi connectivity index (χ2v) is 3.27. The van der Waals surface area contributed by atoms with Crippen LogP contribution in [0.3, 0.4) is 0 Å². The molecule has 0 atom stereocenters. The maximum atomic E-state index is 8.32. The van der Waals surface area contributed by atoms with E-state index in [4.69, 9.17) is 9.62 Å². The summed E-state index contributed by atoms with van der Waals surface area (Å²) in [6, 6.07) is 3.90. The molecule has 0 aliphatic carbocycles. The number of nitrogens with zero attached hydrogens (tertiary/aromatic N) is 3. The number of aryl methyl sites for hydroxylation is 2. The summed E-state index contributed by atoms with van der Waals surface area (Å²) >= 11 is 0. The molecule has 82 valence electrons. The molecule has 2 aromatic heterocycles. The lowest BCUT2D eigenvalue weighted by Gasteiger charge is -1.96. The van der Waals surface area contributed by atoms with Crippen molar-refractivity contribution in [3.8, 4) is 0 Å². The van der Waals surface area contributed by atoms with Crippen molar-refractivity contribution in [2.75, 3.05) is 0 Å². The van der Waals surface area contributed by atoms with Crippen molar-refractivity contribution < 1.29 is 9.62 Å². The van der Waals surface area contributed by atoms with Crippen molar-refractivity contribution in [2.24, 2.45) is 5.16 Å².